The van der Waals surface area contributed by atoms with E-state index >= 15 is 0 Å². The molecule has 5 nitrogen and oxygen atoms in total. The average Bonchev–Trinajstić information content (AvgIpc) is 3.01. The predicted molar refractivity (Wildman–Crippen MR) is 110 cm³/mol. The molecule has 3 heterocycles. The van der Waals surface area contributed by atoms with E-state index in [0.717, 1.165) is 40.0 Å². The first-order valence-corrected chi connectivity index (χ1v) is 9.52. The molecule has 0 amide bonds. The zero-order chi connectivity index (χ0) is 19.6. The number of nitrogens with zero attached hydrogens (tertiary/aromatic N) is 3. The number of aryl methyl sites for hydroxylation is 1. The second-order valence-electron chi connectivity index (χ2n) is 7.25. The number of hydrogen-bond acceptors (Lipinski definition) is 4. The Bertz CT molecular complexity index is 931. The van der Waals surface area contributed by atoms with Crippen molar-refractivity contribution in [3.8, 4) is 17.1 Å². The topological polar surface area (TPSA) is 49.2 Å². The number of aromatic nitrogens is 3. The Morgan fingerprint density at radius 1 is 1.07 bits per heavy atom. The van der Waals surface area contributed by atoms with E-state index in [4.69, 9.17) is 14.5 Å². The van der Waals surface area contributed by atoms with E-state index in [9.17, 15) is 0 Å². The van der Waals surface area contributed by atoms with Crippen molar-refractivity contribution in [3.05, 3.63) is 41.7 Å². The highest BCUT2D eigenvalue weighted by molar-refractivity contribution is 5.83. The Kier molecular flexibility index (Phi) is 5.80. The normalized spacial score (nSPS) is 12.7. The lowest BCUT2D eigenvalue weighted by atomic mass is 10.1. The molecule has 3 aromatic rings. The first-order valence-electron chi connectivity index (χ1n) is 9.52. The van der Waals surface area contributed by atoms with E-state index in [2.05, 4.69) is 61.6 Å². The molecule has 5 heteroatoms. The van der Waals surface area contributed by atoms with Crippen LogP contribution in [0.2, 0.25) is 0 Å². The maximum atomic E-state index is 5.55. The van der Waals surface area contributed by atoms with Gasteiger partial charge in [0, 0.05) is 19.0 Å². The van der Waals surface area contributed by atoms with Crippen molar-refractivity contribution >= 4 is 11.0 Å². The maximum Gasteiger partial charge on any atom is 0.222 e. The van der Waals surface area contributed by atoms with Gasteiger partial charge in [0.05, 0.1) is 42.0 Å². The van der Waals surface area contributed by atoms with Gasteiger partial charge in [-0.25, -0.2) is 9.97 Å². The molecular formula is C22H29N3O2. The summed E-state index contributed by atoms with van der Waals surface area (Å²) in [5.41, 5.74) is 6.11. The Labute approximate surface area is 161 Å². The van der Waals surface area contributed by atoms with Gasteiger partial charge in [0.25, 0.3) is 0 Å². The summed E-state index contributed by atoms with van der Waals surface area (Å²) >= 11 is 0. The fourth-order valence-electron chi connectivity index (χ4n) is 3.46. The summed E-state index contributed by atoms with van der Waals surface area (Å²) in [7, 11) is 3.41. The number of fused-ring (bicyclic) bond motifs is 1. The maximum absolute atomic E-state index is 5.55. The van der Waals surface area contributed by atoms with Crippen LogP contribution in [0.15, 0.2) is 30.5 Å². The van der Waals surface area contributed by atoms with E-state index in [1.165, 1.54) is 0 Å². The SMILES string of the molecule is CC[C@@H](COC)n1cc(C)c2nc(-c3ccc(C(C)C)nc3OC)ccc21. The molecule has 0 aliphatic rings. The minimum absolute atomic E-state index is 0.306. The van der Waals surface area contributed by atoms with E-state index in [-0.39, 0.29) is 0 Å². The molecule has 0 aliphatic carbocycles. The smallest absolute Gasteiger partial charge is 0.222 e. The van der Waals surface area contributed by atoms with Crippen LogP contribution in [-0.4, -0.2) is 35.4 Å². The second-order valence-corrected chi connectivity index (χ2v) is 7.25. The molecule has 3 aromatic heterocycles. The number of hydrogen-bond donors (Lipinski definition) is 0. The van der Waals surface area contributed by atoms with Gasteiger partial charge in [-0.3, -0.25) is 0 Å². The van der Waals surface area contributed by atoms with Crippen LogP contribution in [0, 0.1) is 6.92 Å². The summed E-state index contributed by atoms with van der Waals surface area (Å²) in [4.78, 5) is 9.60. The van der Waals surface area contributed by atoms with Gasteiger partial charge in [-0.1, -0.05) is 20.8 Å². The monoisotopic (exact) mass is 367 g/mol. The van der Waals surface area contributed by atoms with Crippen molar-refractivity contribution in [1.29, 1.82) is 0 Å². The lowest BCUT2D eigenvalue weighted by molar-refractivity contribution is 0.155. The zero-order valence-electron chi connectivity index (χ0n) is 17.1. The molecule has 0 fully saturated rings. The van der Waals surface area contributed by atoms with Gasteiger partial charge in [-0.2, -0.15) is 0 Å². The fourth-order valence-corrected chi connectivity index (χ4v) is 3.46. The van der Waals surface area contributed by atoms with Crippen molar-refractivity contribution < 1.29 is 9.47 Å². The quantitative estimate of drug-likeness (QED) is 0.580. The molecule has 3 rings (SSSR count). The van der Waals surface area contributed by atoms with Crippen LogP contribution in [-0.2, 0) is 4.74 Å². The van der Waals surface area contributed by atoms with Crippen LogP contribution in [0.4, 0.5) is 0 Å². The molecule has 144 valence electrons. The van der Waals surface area contributed by atoms with Crippen LogP contribution in [0.1, 0.15) is 50.4 Å². The average molecular weight is 367 g/mol. The first kappa shape index (κ1) is 19.4. The lowest BCUT2D eigenvalue weighted by Crippen LogP contribution is -2.12. The number of ether oxygens (including phenoxy) is 2. The highest BCUT2D eigenvalue weighted by atomic mass is 16.5. The van der Waals surface area contributed by atoms with E-state index < -0.39 is 0 Å². The van der Waals surface area contributed by atoms with Gasteiger partial charge >= 0.3 is 0 Å². The molecule has 0 saturated heterocycles. The minimum atomic E-state index is 0.306. The third-order valence-corrected chi connectivity index (χ3v) is 5.02. The number of rotatable bonds is 7. The third kappa shape index (κ3) is 3.69. The highest BCUT2D eigenvalue weighted by Crippen LogP contribution is 2.32. The van der Waals surface area contributed by atoms with Gasteiger partial charge in [0.15, 0.2) is 0 Å². The Balaban J connectivity index is 2.09. The van der Waals surface area contributed by atoms with Crippen LogP contribution in [0.3, 0.4) is 0 Å². The Morgan fingerprint density at radius 2 is 1.85 bits per heavy atom. The zero-order valence-corrected chi connectivity index (χ0v) is 17.1. The van der Waals surface area contributed by atoms with Crippen molar-refractivity contribution in [2.75, 3.05) is 20.8 Å². The molecule has 0 saturated carbocycles. The second kappa shape index (κ2) is 8.09. The van der Waals surface area contributed by atoms with Crippen molar-refractivity contribution in [2.24, 2.45) is 0 Å². The summed E-state index contributed by atoms with van der Waals surface area (Å²) in [6.07, 6.45) is 3.18. The molecule has 0 radical (unpaired) electrons. The summed E-state index contributed by atoms with van der Waals surface area (Å²) in [5.74, 6) is 0.974. The summed E-state index contributed by atoms with van der Waals surface area (Å²) in [6.45, 7) is 9.23. The molecule has 1 atom stereocenters. The number of methoxy groups -OCH3 is 2. The summed E-state index contributed by atoms with van der Waals surface area (Å²) in [5, 5.41) is 0. The predicted octanol–water partition coefficient (Wildman–Crippen LogP) is 5.14. The van der Waals surface area contributed by atoms with Gasteiger partial charge in [0.2, 0.25) is 5.88 Å². The molecule has 0 bridgehead atoms. The van der Waals surface area contributed by atoms with Crippen LogP contribution in [0.5, 0.6) is 5.88 Å². The molecule has 0 N–H and O–H groups in total. The standard InChI is InChI=1S/C22H29N3O2/c1-7-16(13-26-5)25-12-15(4)21-20(25)11-10-19(23-21)17-8-9-18(14(2)3)24-22(17)27-6/h8-12,14,16H,7,13H2,1-6H3/t16-/m0/s1. The molecular weight excluding hydrogens is 338 g/mol. The summed E-state index contributed by atoms with van der Waals surface area (Å²) in [6, 6.07) is 8.60. The molecule has 27 heavy (non-hydrogen) atoms. The largest absolute Gasteiger partial charge is 0.480 e. The van der Waals surface area contributed by atoms with E-state index in [1.54, 1.807) is 14.2 Å². The van der Waals surface area contributed by atoms with Gasteiger partial charge < -0.3 is 14.0 Å². The van der Waals surface area contributed by atoms with Crippen LogP contribution < -0.4 is 4.74 Å². The summed E-state index contributed by atoms with van der Waals surface area (Å²) < 4.78 is 13.2. The van der Waals surface area contributed by atoms with E-state index in [1.807, 2.05) is 6.07 Å². The van der Waals surface area contributed by atoms with Gasteiger partial charge in [-0.15, -0.1) is 0 Å². The molecule has 0 aromatic carbocycles. The van der Waals surface area contributed by atoms with E-state index in [0.29, 0.717) is 24.4 Å². The fraction of sp³-hybridized carbons (Fsp3) is 0.455. The highest BCUT2D eigenvalue weighted by Gasteiger charge is 2.17. The molecule has 0 spiro atoms. The number of pyridine rings is 2. The lowest BCUT2D eigenvalue weighted by Gasteiger charge is -2.17. The molecule has 0 unspecified atom stereocenters. The van der Waals surface area contributed by atoms with Crippen LogP contribution in [0.25, 0.3) is 22.3 Å². The van der Waals surface area contributed by atoms with Gasteiger partial charge in [-0.05, 0) is 49.1 Å². The molecule has 0 aliphatic heterocycles. The third-order valence-electron chi connectivity index (χ3n) is 5.02. The first-order chi connectivity index (χ1) is 13.0. The minimum Gasteiger partial charge on any atom is -0.480 e. The Hall–Kier alpha value is -2.40. The van der Waals surface area contributed by atoms with Crippen LogP contribution >= 0.6 is 0 Å². The van der Waals surface area contributed by atoms with Crippen molar-refractivity contribution in [3.63, 3.8) is 0 Å². The van der Waals surface area contributed by atoms with Crippen molar-refractivity contribution in [2.45, 2.75) is 46.1 Å². The Morgan fingerprint density at radius 3 is 2.48 bits per heavy atom. The van der Waals surface area contributed by atoms with Gasteiger partial charge in [0.1, 0.15) is 0 Å². The van der Waals surface area contributed by atoms with Crippen molar-refractivity contribution in [1.82, 2.24) is 14.5 Å².